The second kappa shape index (κ2) is 7.60. The maximum atomic E-state index is 12.2. The highest BCUT2D eigenvalue weighted by atomic mass is 79.9. The topological polar surface area (TPSA) is 146 Å². The summed E-state index contributed by atoms with van der Waals surface area (Å²) in [4.78, 5) is 45.0. The number of carbonyl (C=O) groups excluding carboxylic acids is 2. The minimum Gasteiger partial charge on any atom is -0.460 e. The molecule has 0 spiro atoms. The van der Waals surface area contributed by atoms with Crippen molar-refractivity contribution in [3.63, 3.8) is 0 Å². The van der Waals surface area contributed by atoms with E-state index < -0.39 is 46.4 Å². The normalized spacial score (nSPS) is 25.0. The third kappa shape index (κ3) is 3.80. The van der Waals surface area contributed by atoms with Crippen molar-refractivity contribution in [2.45, 2.75) is 49.6 Å². The number of imidazole rings is 1. The van der Waals surface area contributed by atoms with Crippen molar-refractivity contribution in [2.24, 2.45) is 0 Å². The Balaban J connectivity index is 1.72. The first-order valence-electron chi connectivity index (χ1n) is 8.36. The first kappa shape index (κ1) is 20.4. The van der Waals surface area contributed by atoms with E-state index in [1.54, 1.807) is 0 Å². The molecular formula is C16H19BrN4O7. The zero-order valence-electron chi connectivity index (χ0n) is 15.3. The SMILES string of the molecule is CC(=O)OC(C)(C)C(=O)OC[C@H]1O[C@@H](n2cnc3c(=O)[nH]cnc32)[C@H](O)[C@H]1Br. The van der Waals surface area contributed by atoms with Crippen LogP contribution in [-0.4, -0.2) is 65.8 Å². The van der Waals surface area contributed by atoms with Crippen molar-refractivity contribution in [1.82, 2.24) is 19.5 Å². The third-order valence-corrected chi connectivity index (χ3v) is 5.33. The molecule has 0 bridgehead atoms. The maximum Gasteiger partial charge on any atom is 0.350 e. The predicted octanol–water partition coefficient (Wildman–Crippen LogP) is 0.0263. The molecule has 28 heavy (non-hydrogen) atoms. The van der Waals surface area contributed by atoms with Crippen LogP contribution in [0.5, 0.6) is 0 Å². The van der Waals surface area contributed by atoms with Gasteiger partial charge in [-0.1, -0.05) is 15.9 Å². The molecule has 1 saturated heterocycles. The van der Waals surface area contributed by atoms with Crippen molar-refractivity contribution in [1.29, 1.82) is 0 Å². The average Bonchev–Trinajstić information content (AvgIpc) is 3.15. The number of aliphatic hydroxyl groups excluding tert-OH is 1. The van der Waals surface area contributed by atoms with Crippen LogP contribution in [0.4, 0.5) is 0 Å². The highest BCUT2D eigenvalue weighted by molar-refractivity contribution is 9.09. The van der Waals surface area contributed by atoms with Crippen LogP contribution in [0.15, 0.2) is 17.4 Å². The van der Waals surface area contributed by atoms with Crippen molar-refractivity contribution in [3.05, 3.63) is 23.0 Å². The van der Waals surface area contributed by atoms with E-state index >= 15 is 0 Å². The van der Waals surface area contributed by atoms with Gasteiger partial charge in [-0.05, 0) is 13.8 Å². The van der Waals surface area contributed by atoms with E-state index in [0.29, 0.717) is 0 Å². The van der Waals surface area contributed by atoms with Crippen LogP contribution in [0.1, 0.15) is 27.0 Å². The van der Waals surface area contributed by atoms with Crippen molar-refractivity contribution in [3.8, 4) is 0 Å². The molecule has 0 aliphatic carbocycles. The van der Waals surface area contributed by atoms with Crippen LogP contribution >= 0.6 is 15.9 Å². The number of halogens is 1. The summed E-state index contributed by atoms with van der Waals surface area (Å²) in [6.07, 6.45) is -0.0423. The smallest absolute Gasteiger partial charge is 0.350 e. The Morgan fingerprint density at radius 1 is 1.43 bits per heavy atom. The van der Waals surface area contributed by atoms with E-state index in [1.165, 1.54) is 38.0 Å². The highest BCUT2D eigenvalue weighted by Crippen LogP contribution is 2.35. The Kier molecular flexibility index (Phi) is 5.55. The van der Waals surface area contributed by atoms with E-state index in [9.17, 15) is 19.5 Å². The number of hydrogen-bond donors (Lipinski definition) is 2. The van der Waals surface area contributed by atoms with Crippen molar-refractivity contribution < 1.29 is 28.9 Å². The molecule has 2 aromatic heterocycles. The molecule has 1 aliphatic heterocycles. The molecular weight excluding hydrogens is 440 g/mol. The first-order chi connectivity index (χ1) is 13.1. The zero-order valence-corrected chi connectivity index (χ0v) is 16.9. The number of H-pyrrole nitrogens is 1. The Bertz CT molecular complexity index is 956. The number of aliphatic hydroxyl groups is 1. The highest BCUT2D eigenvalue weighted by Gasteiger charge is 2.45. The number of nitrogens with one attached hydrogen (secondary N) is 1. The largest absolute Gasteiger partial charge is 0.460 e. The van der Waals surface area contributed by atoms with E-state index in [1.807, 2.05) is 0 Å². The number of carbonyl (C=O) groups is 2. The molecule has 2 aromatic rings. The molecule has 3 heterocycles. The quantitative estimate of drug-likeness (QED) is 0.467. The molecule has 1 fully saturated rings. The fourth-order valence-electron chi connectivity index (χ4n) is 2.86. The van der Waals surface area contributed by atoms with E-state index in [0.717, 1.165) is 0 Å². The van der Waals surface area contributed by atoms with Gasteiger partial charge >= 0.3 is 11.9 Å². The number of nitrogens with zero attached hydrogens (tertiary/aromatic N) is 3. The van der Waals surface area contributed by atoms with E-state index in [4.69, 9.17) is 14.2 Å². The number of aromatic amines is 1. The lowest BCUT2D eigenvalue weighted by atomic mass is 10.1. The molecule has 11 nitrogen and oxygen atoms in total. The van der Waals surface area contributed by atoms with Gasteiger partial charge < -0.3 is 24.3 Å². The molecule has 12 heteroatoms. The summed E-state index contributed by atoms with van der Waals surface area (Å²) in [6.45, 7) is 3.83. The number of alkyl halides is 1. The second-order valence-corrected chi connectivity index (χ2v) is 7.82. The number of hydrogen-bond acceptors (Lipinski definition) is 9. The van der Waals surface area contributed by atoms with Crippen LogP contribution in [0.2, 0.25) is 0 Å². The summed E-state index contributed by atoms with van der Waals surface area (Å²) in [5, 5.41) is 10.5. The summed E-state index contributed by atoms with van der Waals surface area (Å²) >= 11 is 3.34. The van der Waals surface area contributed by atoms with E-state index in [-0.39, 0.29) is 17.8 Å². The number of ether oxygens (including phenoxy) is 3. The van der Waals surface area contributed by atoms with Gasteiger partial charge in [-0.2, -0.15) is 0 Å². The standard InChI is InChI=1S/C16H19BrN4O7/c1-7(22)28-16(2,3)15(25)26-4-8-9(17)11(23)14(27-8)21-6-20-10-12(21)18-5-19-13(10)24/h5-6,8-9,11,14,23H,4H2,1-3H3,(H,18,19,24)/t8-,9+,11-,14-/m1/s1. The van der Waals surface area contributed by atoms with Gasteiger partial charge in [0.2, 0.25) is 5.60 Å². The van der Waals surface area contributed by atoms with Crippen LogP contribution < -0.4 is 5.56 Å². The molecule has 1 aliphatic rings. The fourth-order valence-corrected chi connectivity index (χ4v) is 3.39. The Morgan fingerprint density at radius 3 is 2.82 bits per heavy atom. The number of fused-ring (bicyclic) bond motifs is 1. The number of aromatic nitrogens is 4. The van der Waals surface area contributed by atoms with Crippen LogP contribution in [-0.2, 0) is 23.8 Å². The lowest BCUT2D eigenvalue weighted by Crippen LogP contribution is -2.40. The summed E-state index contributed by atoms with van der Waals surface area (Å²) in [5.41, 5.74) is -1.50. The van der Waals surface area contributed by atoms with Gasteiger partial charge in [-0.25, -0.2) is 14.8 Å². The molecule has 2 N–H and O–H groups in total. The Morgan fingerprint density at radius 2 is 2.14 bits per heavy atom. The van der Waals surface area contributed by atoms with Crippen molar-refractivity contribution in [2.75, 3.05) is 6.61 Å². The van der Waals surface area contributed by atoms with Gasteiger partial charge in [0, 0.05) is 6.92 Å². The summed E-state index contributed by atoms with van der Waals surface area (Å²) in [7, 11) is 0. The van der Waals surface area contributed by atoms with Crippen LogP contribution in [0.3, 0.4) is 0 Å². The van der Waals surface area contributed by atoms with Crippen molar-refractivity contribution >= 4 is 39.0 Å². The van der Waals surface area contributed by atoms with Gasteiger partial charge in [-0.15, -0.1) is 0 Å². The first-order valence-corrected chi connectivity index (χ1v) is 9.28. The van der Waals surface area contributed by atoms with Gasteiger partial charge in [0.15, 0.2) is 17.4 Å². The van der Waals surface area contributed by atoms with Gasteiger partial charge in [0.25, 0.3) is 5.56 Å². The summed E-state index contributed by atoms with van der Waals surface area (Å²) < 4.78 is 17.4. The molecule has 4 atom stereocenters. The summed E-state index contributed by atoms with van der Waals surface area (Å²) in [6, 6.07) is 0. The third-order valence-electron chi connectivity index (χ3n) is 4.20. The van der Waals surface area contributed by atoms with Crippen LogP contribution in [0, 0.1) is 0 Å². The molecule has 0 saturated carbocycles. The van der Waals surface area contributed by atoms with Crippen LogP contribution in [0.25, 0.3) is 11.2 Å². The van der Waals surface area contributed by atoms with Gasteiger partial charge in [-0.3, -0.25) is 14.2 Å². The fraction of sp³-hybridized carbons (Fsp3) is 0.562. The lowest BCUT2D eigenvalue weighted by Gasteiger charge is -2.23. The number of rotatable bonds is 5. The molecule has 152 valence electrons. The minimum absolute atomic E-state index is 0.113. The molecule has 0 amide bonds. The van der Waals surface area contributed by atoms with Gasteiger partial charge in [0.05, 0.1) is 17.5 Å². The molecule has 3 rings (SSSR count). The maximum absolute atomic E-state index is 12.2. The molecule has 0 unspecified atom stereocenters. The average molecular weight is 459 g/mol. The minimum atomic E-state index is -1.45. The zero-order chi connectivity index (χ0) is 20.6. The number of esters is 2. The monoisotopic (exact) mass is 458 g/mol. The molecule has 0 aromatic carbocycles. The Labute approximate surface area is 167 Å². The summed E-state index contributed by atoms with van der Waals surface area (Å²) in [5.74, 6) is -1.35. The Hall–Kier alpha value is -2.31. The van der Waals surface area contributed by atoms with Gasteiger partial charge in [0.1, 0.15) is 18.8 Å². The predicted molar refractivity (Wildman–Crippen MR) is 97.6 cm³/mol. The molecule has 0 radical (unpaired) electrons. The van der Waals surface area contributed by atoms with E-state index in [2.05, 4.69) is 30.9 Å². The lowest BCUT2D eigenvalue weighted by molar-refractivity contribution is -0.180. The second-order valence-electron chi connectivity index (χ2n) is 6.76.